The smallest absolute Gasteiger partial charge is 0.253 e. The van der Waals surface area contributed by atoms with Crippen molar-refractivity contribution in [2.75, 3.05) is 26.0 Å². The lowest BCUT2D eigenvalue weighted by atomic mass is 10.1. The minimum Gasteiger partial charge on any atom is -0.508 e. The van der Waals surface area contributed by atoms with Gasteiger partial charge in [0.05, 0.1) is 0 Å². The summed E-state index contributed by atoms with van der Waals surface area (Å²) in [6, 6.07) is 14.3. The SMILES string of the molecule is CCn1nc(-c2cccc(C(=O)N(C)Cc3cccc(O)c3)c2)nc1N(C)C. The Morgan fingerprint density at radius 1 is 1.11 bits per heavy atom. The number of amides is 1. The minimum absolute atomic E-state index is 0.104. The van der Waals surface area contributed by atoms with Gasteiger partial charge in [0.1, 0.15) is 5.75 Å². The Morgan fingerprint density at radius 3 is 2.50 bits per heavy atom. The van der Waals surface area contributed by atoms with Crippen LogP contribution < -0.4 is 4.90 Å². The van der Waals surface area contributed by atoms with Crippen LogP contribution in [0.4, 0.5) is 5.95 Å². The average Bonchev–Trinajstić information content (AvgIpc) is 3.12. The lowest BCUT2D eigenvalue weighted by Gasteiger charge is -2.17. The predicted molar refractivity (Wildman–Crippen MR) is 109 cm³/mol. The Kier molecular flexibility index (Phi) is 5.63. The molecule has 0 saturated carbocycles. The van der Waals surface area contributed by atoms with Crippen LogP contribution in [-0.4, -0.2) is 51.8 Å². The van der Waals surface area contributed by atoms with E-state index in [1.807, 2.05) is 54.9 Å². The Hall–Kier alpha value is -3.35. The monoisotopic (exact) mass is 379 g/mol. The van der Waals surface area contributed by atoms with E-state index in [1.165, 1.54) is 0 Å². The van der Waals surface area contributed by atoms with E-state index in [9.17, 15) is 9.90 Å². The molecule has 0 fully saturated rings. The maximum atomic E-state index is 12.9. The van der Waals surface area contributed by atoms with Gasteiger partial charge in [-0.3, -0.25) is 4.79 Å². The minimum atomic E-state index is -0.104. The number of hydrogen-bond donors (Lipinski definition) is 1. The van der Waals surface area contributed by atoms with Gasteiger partial charge in [-0.15, -0.1) is 5.10 Å². The van der Waals surface area contributed by atoms with Crippen LogP contribution in [0.25, 0.3) is 11.4 Å². The first kappa shape index (κ1) is 19.4. The molecule has 1 heterocycles. The number of carbonyl (C=O) groups is 1. The maximum Gasteiger partial charge on any atom is 0.253 e. The molecule has 0 aliphatic heterocycles. The summed E-state index contributed by atoms with van der Waals surface area (Å²) in [5.74, 6) is 1.45. The van der Waals surface area contributed by atoms with Crippen molar-refractivity contribution >= 4 is 11.9 Å². The molecule has 1 amide bonds. The Balaban J connectivity index is 1.83. The topological polar surface area (TPSA) is 74.5 Å². The number of rotatable bonds is 6. The van der Waals surface area contributed by atoms with Crippen molar-refractivity contribution in [3.63, 3.8) is 0 Å². The van der Waals surface area contributed by atoms with Crippen molar-refractivity contribution in [2.24, 2.45) is 0 Å². The second kappa shape index (κ2) is 8.12. The number of aromatic nitrogens is 3. The first-order chi connectivity index (χ1) is 13.4. The first-order valence-electron chi connectivity index (χ1n) is 9.15. The normalized spacial score (nSPS) is 10.7. The predicted octanol–water partition coefficient (Wildman–Crippen LogP) is 3.01. The standard InChI is InChI=1S/C21H25N5O2/c1-5-26-21(24(2)3)22-19(23-26)16-9-7-10-17(13-16)20(28)25(4)14-15-8-6-11-18(27)12-15/h6-13,27H,5,14H2,1-4H3. The molecule has 3 aromatic rings. The van der Waals surface area contributed by atoms with E-state index in [0.717, 1.165) is 17.1 Å². The van der Waals surface area contributed by atoms with Crippen molar-refractivity contribution in [1.29, 1.82) is 0 Å². The van der Waals surface area contributed by atoms with Gasteiger partial charge < -0.3 is 14.9 Å². The number of carbonyl (C=O) groups excluding carboxylic acids is 1. The van der Waals surface area contributed by atoms with Crippen molar-refractivity contribution < 1.29 is 9.90 Å². The van der Waals surface area contributed by atoms with Gasteiger partial charge in [-0.2, -0.15) is 4.98 Å². The van der Waals surface area contributed by atoms with Crippen LogP contribution in [0.15, 0.2) is 48.5 Å². The van der Waals surface area contributed by atoms with Gasteiger partial charge in [0.2, 0.25) is 5.95 Å². The summed E-state index contributed by atoms with van der Waals surface area (Å²) < 4.78 is 1.83. The maximum absolute atomic E-state index is 12.9. The molecule has 0 bridgehead atoms. The summed E-state index contributed by atoms with van der Waals surface area (Å²) in [5, 5.41) is 14.2. The largest absolute Gasteiger partial charge is 0.508 e. The van der Waals surface area contributed by atoms with Gasteiger partial charge in [0.15, 0.2) is 5.82 Å². The van der Waals surface area contributed by atoms with Gasteiger partial charge in [-0.25, -0.2) is 4.68 Å². The summed E-state index contributed by atoms with van der Waals surface area (Å²) in [5.41, 5.74) is 2.23. The molecule has 1 aromatic heterocycles. The molecular formula is C21H25N5O2. The molecule has 7 nitrogen and oxygen atoms in total. The fourth-order valence-electron chi connectivity index (χ4n) is 3.01. The molecule has 0 spiro atoms. The average molecular weight is 379 g/mol. The molecule has 28 heavy (non-hydrogen) atoms. The molecule has 146 valence electrons. The van der Waals surface area contributed by atoms with Crippen LogP contribution in [0.1, 0.15) is 22.8 Å². The Bertz CT molecular complexity index is 980. The quantitative estimate of drug-likeness (QED) is 0.713. The van der Waals surface area contributed by atoms with E-state index in [-0.39, 0.29) is 11.7 Å². The second-order valence-corrected chi connectivity index (χ2v) is 6.86. The highest BCUT2D eigenvalue weighted by molar-refractivity contribution is 5.95. The van der Waals surface area contributed by atoms with Gasteiger partial charge in [0, 0.05) is 45.4 Å². The summed E-state index contributed by atoms with van der Waals surface area (Å²) >= 11 is 0. The molecule has 0 unspecified atom stereocenters. The van der Waals surface area contributed by atoms with Gasteiger partial charge in [0.25, 0.3) is 5.91 Å². The third kappa shape index (κ3) is 4.14. The highest BCUT2D eigenvalue weighted by Gasteiger charge is 2.16. The molecule has 0 saturated heterocycles. The Morgan fingerprint density at radius 2 is 1.86 bits per heavy atom. The van der Waals surface area contributed by atoms with Crippen molar-refractivity contribution in [2.45, 2.75) is 20.0 Å². The van der Waals surface area contributed by atoms with Gasteiger partial charge >= 0.3 is 0 Å². The number of hydrogen-bond acceptors (Lipinski definition) is 5. The molecule has 0 aliphatic carbocycles. The highest BCUT2D eigenvalue weighted by atomic mass is 16.3. The molecule has 1 N–H and O–H groups in total. The first-order valence-corrected chi connectivity index (χ1v) is 9.15. The molecule has 0 radical (unpaired) electrons. The van der Waals surface area contributed by atoms with E-state index in [0.29, 0.717) is 24.5 Å². The molecule has 0 aliphatic rings. The van der Waals surface area contributed by atoms with Crippen molar-refractivity contribution in [1.82, 2.24) is 19.7 Å². The summed E-state index contributed by atoms with van der Waals surface area (Å²) in [6.07, 6.45) is 0. The molecule has 0 atom stereocenters. The summed E-state index contributed by atoms with van der Waals surface area (Å²) in [6.45, 7) is 3.14. The van der Waals surface area contributed by atoms with Crippen LogP contribution in [0.5, 0.6) is 5.75 Å². The fraction of sp³-hybridized carbons (Fsp3) is 0.286. The molecular weight excluding hydrogens is 354 g/mol. The molecule has 3 rings (SSSR count). The van der Waals surface area contributed by atoms with Crippen molar-refractivity contribution in [3.05, 3.63) is 59.7 Å². The highest BCUT2D eigenvalue weighted by Crippen LogP contribution is 2.21. The van der Waals surface area contributed by atoms with Crippen LogP contribution in [0, 0.1) is 0 Å². The lowest BCUT2D eigenvalue weighted by Crippen LogP contribution is -2.26. The zero-order valence-corrected chi connectivity index (χ0v) is 16.6. The third-order valence-corrected chi connectivity index (χ3v) is 4.40. The number of aryl methyl sites for hydroxylation is 1. The number of phenols is 1. The number of benzene rings is 2. The van der Waals surface area contributed by atoms with E-state index in [1.54, 1.807) is 36.2 Å². The zero-order valence-electron chi connectivity index (χ0n) is 16.6. The number of phenolic OH excluding ortho intramolecular Hbond substituents is 1. The second-order valence-electron chi connectivity index (χ2n) is 6.86. The van der Waals surface area contributed by atoms with Crippen LogP contribution in [-0.2, 0) is 13.1 Å². The van der Waals surface area contributed by atoms with Crippen LogP contribution in [0.3, 0.4) is 0 Å². The lowest BCUT2D eigenvalue weighted by molar-refractivity contribution is 0.0785. The zero-order chi connectivity index (χ0) is 20.3. The number of nitrogens with zero attached hydrogens (tertiary/aromatic N) is 5. The molecule has 7 heteroatoms. The van der Waals surface area contributed by atoms with E-state index in [4.69, 9.17) is 0 Å². The van der Waals surface area contributed by atoms with Gasteiger partial charge in [-0.1, -0.05) is 24.3 Å². The van der Waals surface area contributed by atoms with E-state index < -0.39 is 0 Å². The Labute approximate surface area is 164 Å². The molecule has 2 aromatic carbocycles. The number of aromatic hydroxyl groups is 1. The number of anilines is 1. The summed E-state index contributed by atoms with van der Waals surface area (Å²) in [4.78, 5) is 21.0. The summed E-state index contributed by atoms with van der Waals surface area (Å²) in [7, 11) is 5.60. The van der Waals surface area contributed by atoms with Crippen molar-refractivity contribution in [3.8, 4) is 17.1 Å². The van der Waals surface area contributed by atoms with Crippen LogP contribution >= 0.6 is 0 Å². The van der Waals surface area contributed by atoms with E-state index in [2.05, 4.69) is 10.1 Å². The van der Waals surface area contributed by atoms with Gasteiger partial charge in [-0.05, 0) is 36.8 Å². The van der Waals surface area contributed by atoms with Crippen LogP contribution in [0.2, 0.25) is 0 Å². The third-order valence-electron chi connectivity index (χ3n) is 4.40. The fourth-order valence-corrected chi connectivity index (χ4v) is 3.01. The van der Waals surface area contributed by atoms with E-state index >= 15 is 0 Å².